The highest BCUT2D eigenvalue weighted by atomic mass is 28.4. The molecular formula is C14H26N2O4Si. The first-order valence-electron chi connectivity index (χ1n) is 7.14. The molecule has 0 amide bonds. The van der Waals surface area contributed by atoms with E-state index >= 15 is 0 Å². The first-order chi connectivity index (χ1) is 9.56. The van der Waals surface area contributed by atoms with Crippen LogP contribution in [0.1, 0.15) is 45.1 Å². The lowest BCUT2D eigenvalue weighted by molar-refractivity contribution is 0.00700. The number of esters is 1. The third-order valence-corrected chi connectivity index (χ3v) is 8.14. The van der Waals surface area contributed by atoms with Crippen LogP contribution in [0, 0.1) is 0 Å². The fraction of sp³-hybridized carbons (Fsp3) is 0.714. The number of hydrogen-bond acceptors (Lipinski definition) is 5. The Morgan fingerprint density at radius 2 is 2.05 bits per heavy atom. The number of aromatic amines is 1. The molecule has 0 aliphatic heterocycles. The van der Waals surface area contributed by atoms with Gasteiger partial charge in [0.2, 0.25) is 5.88 Å². The zero-order chi connectivity index (χ0) is 16.3. The fourth-order valence-corrected chi connectivity index (χ4v) is 2.69. The molecule has 1 atom stereocenters. The average molecular weight is 314 g/mol. The maximum atomic E-state index is 11.5. The molecular weight excluding hydrogens is 288 g/mol. The van der Waals surface area contributed by atoms with Gasteiger partial charge in [0.25, 0.3) is 0 Å². The van der Waals surface area contributed by atoms with Crippen molar-refractivity contribution in [3.63, 3.8) is 0 Å². The number of carbonyl (C=O) groups excluding carboxylic acids is 1. The Bertz CT molecular complexity index is 480. The summed E-state index contributed by atoms with van der Waals surface area (Å²) >= 11 is 0. The van der Waals surface area contributed by atoms with Gasteiger partial charge < -0.3 is 13.9 Å². The monoisotopic (exact) mass is 314 g/mol. The lowest BCUT2D eigenvalue weighted by Gasteiger charge is -2.37. The summed E-state index contributed by atoms with van der Waals surface area (Å²) in [6.45, 7) is 14.7. The molecule has 0 aromatic carbocycles. The van der Waals surface area contributed by atoms with Crippen molar-refractivity contribution in [2.75, 3.05) is 6.61 Å². The molecule has 1 unspecified atom stereocenters. The Balaban J connectivity index is 2.64. The first kappa shape index (κ1) is 17.7. The van der Waals surface area contributed by atoms with Gasteiger partial charge in [0.05, 0.1) is 6.61 Å². The molecule has 0 radical (unpaired) electrons. The van der Waals surface area contributed by atoms with Crippen molar-refractivity contribution < 1.29 is 18.7 Å². The van der Waals surface area contributed by atoms with Crippen molar-refractivity contribution in [2.45, 2.75) is 59.0 Å². The molecule has 1 rings (SSSR count). The smallest absolute Gasteiger partial charge is 0.356 e. The molecule has 0 aliphatic carbocycles. The maximum absolute atomic E-state index is 11.5. The number of carbonyl (C=O) groups is 1. The number of hydrogen-bond donors (Lipinski definition) is 1. The molecule has 120 valence electrons. The van der Waals surface area contributed by atoms with Crippen LogP contribution >= 0.6 is 0 Å². The molecule has 0 saturated carbocycles. The summed E-state index contributed by atoms with van der Waals surface area (Å²) in [5.74, 6) is -0.123. The molecule has 6 nitrogen and oxygen atoms in total. The van der Waals surface area contributed by atoms with Crippen LogP contribution in [0.15, 0.2) is 6.07 Å². The fourth-order valence-electron chi connectivity index (χ4n) is 1.46. The van der Waals surface area contributed by atoms with Gasteiger partial charge in [-0.25, -0.2) is 4.79 Å². The molecule has 0 saturated heterocycles. The summed E-state index contributed by atoms with van der Waals surface area (Å²) in [6, 6.07) is 1.52. The molecule has 0 spiro atoms. The molecule has 1 aromatic heterocycles. The predicted octanol–water partition coefficient (Wildman–Crippen LogP) is 3.33. The van der Waals surface area contributed by atoms with Crippen LogP contribution in [0.25, 0.3) is 0 Å². The second-order valence-electron chi connectivity index (χ2n) is 6.40. The maximum Gasteiger partial charge on any atom is 0.356 e. The average Bonchev–Trinajstić information content (AvgIpc) is 2.75. The Kier molecular flexibility index (Phi) is 5.58. The molecule has 1 N–H and O–H groups in total. The van der Waals surface area contributed by atoms with E-state index in [4.69, 9.17) is 13.9 Å². The lowest BCUT2D eigenvalue weighted by Crippen LogP contribution is -2.44. The van der Waals surface area contributed by atoms with Gasteiger partial charge in [0.1, 0.15) is 5.69 Å². The van der Waals surface area contributed by atoms with Gasteiger partial charge >= 0.3 is 5.97 Å². The Labute approximate surface area is 127 Å². The van der Waals surface area contributed by atoms with Gasteiger partial charge in [0.15, 0.2) is 14.6 Å². The van der Waals surface area contributed by atoms with E-state index in [2.05, 4.69) is 44.1 Å². The molecule has 0 bridgehead atoms. The number of nitrogens with zero attached hydrogens (tertiary/aromatic N) is 1. The van der Waals surface area contributed by atoms with Crippen LogP contribution in [0.3, 0.4) is 0 Å². The van der Waals surface area contributed by atoms with Gasteiger partial charge in [-0.15, -0.1) is 5.10 Å². The standard InChI is InChI=1S/C14H26N2O4Si/c1-8-18-13(17)11-9-12(16-15-11)19-10(2)20-21(6,7)14(3,4)5/h9-10H,8H2,1-7H3,(H,15,16). The van der Waals surface area contributed by atoms with E-state index in [0.29, 0.717) is 12.5 Å². The quantitative estimate of drug-likeness (QED) is 0.495. The minimum atomic E-state index is -1.90. The van der Waals surface area contributed by atoms with E-state index in [1.165, 1.54) is 6.07 Å². The Hall–Kier alpha value is -1.34. The molecule has 1 heterocycles. The van der Waals surface area contributed by atoms with E-state index < -0.39 is 20.6 Å². The summed E-state index contributed by atoms with van der Waals surface area (Å²) in [5.41, 5.74) is 0.270. The highest BCUT2D eigenvalue weighted by Crippen LogP contribution is 2.37. The van der Waals surface area contributed by atoms with Gasteiger partial charge in [0, 0.05) is 6.07 Å². The number of aromatic nitrogens is 2. The van der Waals surface area contributed by atoms with Crippen LogP contribution in [-0.4, -0.2) is 37.4 Å². The third-order valence-electron chi connectivity index (χ3n) is 3.60. The summed E-state index contributed by atoms with van der Waals surface area (Å²) in [4.78, 5) is 11.5. The zero-order valence-corrected chi connectivity index (χ0v) is 14.9. The lowest BCUT2D eigenvalue weighted by atomic mass is 10.2. The molecule has 0 fully saturated rings. The van der Waals surface area contributed by atoms with Gasteiger partial charge in [-0.3, -0.25) is 5.10 Å². The van der Waals surface area contributed by atoms with Crippen molar-refractivity contribution in [1.29, 1.82) is 0 Å². The van der Waals surface area contributed by atoms with Crippen LogP contribution < -0.4 is 4.74 Å². The zero-order valence-electron chi connectivity index (χ0n) is 13.9. The summed E-state index contributed by atoms with van der Waals surface area (Å²) in [5, 5.41) is 6.64. The predicted molar refractivity (Wildman–Crippen MR) is 82.9 cm³/mol. The third kappa shape index (κ3) is 4.85. The SMILES string of the molecule is CCOC(=O)c1cc(OC(C)O[Si](C)(C)C(C)(C)C)n[nH]1. The van der Waals surface area contributed by atoms with Crippen molar-refractivity contribution in [2.24, 2.45) is 0 Å². The summed E-state index contributed by atoms with van der Waals surface area (Å²) < 4.78 is 16.6. The second-order valence-corrected chi connectivity index (χ2v) is 11.2. The van der Waals surface area contributed by atoms with Crippen molar-refractivity contribution in [1.82, 2.24) is 10.2 Å². The molecule has 7 heteroatoms. The second kappa shape index (κ2) is 6.61. The van der Waals surface area contributed by atoms with Crippen LogP contribution in [0.4, 0.5) is 0 Å². The van der Waals surface area contributed by atoms with E-state index in [-0.39, 0.29) is 10.7 Å². The highest BCUT2D eigenvalue weighted by Gasteiger charge is 2.39. The van der Waals surface area contributed by atoms with Gasteiger partial charge in [-0.05, 0) is 32.0 Å². The summed E-state index contributed by atoms with van der Waals surface area (Å²) in [7, 11) is -1.90. The van der Waals surface area contributed by atoms with E-state index in [9.17, 15) is 4.79 Å². The molecule has 0 aliphatic rings. The van der Waals surface area contributed by atoms with Crippen molar-refractivity contribution in [3.8, 4) is 5.88 Å². The largest absolute Gasteiger partial charge is 0.461 e. The van der Waals surface area contributed by atoms with Crippen LogP contribution in [0.5, 0.6) is 5.88 Å². The van der Waals surface area contributed by atoms with Crippen molar-refractivity contribution >= 4 is 14.3 Å². The van der Waals surface area contributed by atoms with Gasteiger partial charge in [-0.1, -0.05) is 20.8 Å². The molecule has 21 heavy (non-hydrogen) atoms. The first-order valence-corrected chi connectivity index (χ1v) is 10.0. The Morgan fingerprint density at radius 3 is 2.57 bits per heavy atom. The summed E-state index contributed by atoms with van der Waals surface area (Å²) in [6.07, 6.45) is -0.427. The normalized spacial score (nSPS) is 13.9. The molecule has 1 aromatic rings. The van der Waals surface area contributed by atoms with E-state index in [1.807, 2.05) is 6.92 Å². The van der Waals surface area contributed by atoms with Crippen LogP contribution in [0.2, 0.25) is 18.1 Å². The minimum Gasteiger partial charge on any atom is -0.461 e. The topological polar surface area (TPSA) is 73.4 Å². The highest BCUT2D eigenvalue weighted by molar-refractivity contribution is 6.74. The van der Waals surface area contributed by atoms with Crippen molar-refractivity contribution in [3.05, 3.63) is 11.8 Å². The minimum absolute atomic E-state index is 0.103. The van der Waals surface area contributed by atoms with Gasteiger partial charge in [-0.2, -0.15) is 0 Å². The van der Waals surface area contributed by atoms with E-state index in [1.54, 1.807) is 6.92 Å². The number of nitrogens with one attached hydrogen (secondary N) is 1. The number of ether oxygens (including phenoxy) is 2. The number of rotatable bonds is 6. The van der Waals surface area contributed by atoms with Crippen LogP contribution in [-0.2, 0) is 9.16 Å². The number of H-pyrrole nitrogens is 1. The van der Waals surface area contributed by atoms with E-state index in [0.717, 1.165) is 0 Å². The Morgan fingerprint density at radius 1 is 1.43 bits per heavy atom.